The van der Waals surface area contributed by atoms with Gasteiger partial charge in [0.05, 0.1) is 23.0 Å². The molecule has 0 spiro atoms. The molecular weight excluding hydrogens is 417 g/mol. The first-order valence-electron chi connectivity index (χ1n) is 8.15. The van der Waals surface area contributed by atoms with Crippen molar-refractivity contribution in [1.29, 1.82) is 0 Å². The molecule has 0 aliphatic carbocycles. The lowest BCUT2D eigenvalue weighted by Gasteiger charge is -2.10. The van der Waals surface area contributed by atoms with Gasteiger partial charge in [0.25, 0.3) is 0 Å². The van der Waals surface area contributed by atoms with Gasteiger partial charge in [-0.25, -0.2) is 4.39 Å². The van der Waals surface area contributed by atoms with Gasteiger partial charge in [0.1, 0.15) is 11.6 Å². The lowest BCUT2D eigenvalue weighted by molar-refractivity contribution is -0.116. The van der Waals surface area contributed by atoms with E-state index < -0.39 is 5.82 Å². The van der Waals surface area contributed by atoms with Crippen LogP contribution in [0.3, 0.4) is 0 Å². The largest absolute Gasteiger partial charge is 0.496 e. The van der Waals surface area contributed by atoms with E-state index in [4.69, 9.17) is 4.74 Å². The summed E-state index contributed by atoms with van der Waals surface area (Å²) < 4.78 is 21.5. The molecule has 0 radical (unpaired) electrons. The van der Waals surface area contributed by atoms with Gasteiger partial charge in [-0.3, -0.25) is 4.79 Å². The van der Waals surface area contributed by atoms with Crippen LogP contribution < -0.4 is 10.1 Å². The van der Waals surface area contributed by atoms with Gasteiger partial charge in [0, 0.05) is 6.42 Å². The Kier molecular flexibility index (Phi) is 5.80. The molecule has 140 valence electrons. The molecule has 1 N–H and O–H groups in total. The zero-order chi connectivity index (χ0) is 19.4. The van der Waals surface area contributed by atoms with Crippen molar-refractivity contribution < 1.29 is 13.9 Å². The molecule has 0 saturated carbocycles. The maximum Gasteiger partial charge on any atom is 0.224 e. The molecule has 0 aliphatic rings. The summed E-state index contributed by atoms with van der Waals surface area (Å²) in [5.41, 5.74) is 1.62. The smallest absolute Gasteiger partial charge is 0.224 e. The van der Waals surface area contributed by atoms with Gasteiger partial charge in [0.15, 0.2) is 5.82 Å². The Morgan fingerprint density at radius 2 is 2.11 bits per heavy atom. The van der Waals surface area contributed by atoms with E-state index in [9.17, 15) is 9.18 Å². The summed E-state index contributed by atoms with van der Waals surface area (Å²) in [5, 5.41) is 13.8. The number of ether oxygens (including phenoxy) is 1. The summed E-state index contributed by atoms with van der Waals surface area (Å²) in [5.74, 6) is 0.473. The minimum Gasteiger partial charge on any atom is -0.496 e. The number of hydrogen-bond donors (Lipinski definition) is 1. The van der Waals surface area contributed by atoms with Crippen molar-refractivity contribution in [1.82, 2.24) is 20.2 Å². The number of methoxy groups -OCH3 is 1. The second kappa shape index (κ2) is 8.26. The van der Waals surface area contributed by atoms with Crippen molar-refractivity contribution in [3.05, 3.63) is 58.1 Å². The normalized spacial score (nSPS) is 10.7. The standard InChI is InChI=1S/C18H17BrFN5O2/c1-11-22-23-24-25(11)13-5-6-15(20)16(10-13)21-18(26)8-4-12-3-7-17(27-2)14(19)9-12/h3,5-7,9-10H,4,8H2,1-2H3,(H,21,26). The van der Waals surface area contributed by atoms with Crippen LogP contribution in [0.15, 0.2) is 40.9 Å². The maximum atomic E-state index is 14.1. The van der Waals surface area contributed by atoms with Gasteiger partial charge < -0.3 is 10.1 Å². The minimum absolute atomic E-state index is 0.0864. The summed E-state index contributed by atoms with van der Waals surface area (Å²) >= 11 is 3.42. The average molecular weight is 434 g/mol. The molecule has 1 heterocycles. The summed E-state index contributed by atoms with van der Waals surface area (Å²) in [6.07, 6.45) is 0.730. The number of aromatic nitrogens is 4. The van der Waals surface area contributed by atoms with E-state index >= 15 is 0 Å². The van der Waals surface area contributed by atoms with Crippen LogP contribution in [0, 0.1) is 12.7 Å². The van der Waals surface area contributed by atoms with Crippen LogP contribution in [0.2, 0.25) is 0 Å². The van der Waals surface area contributed by atoms with Gasteiger partial charge in [-0.1, -0.05) is 6.07 Å². The summed E-state index contributed by atoms with van der Waals surface area (Å²) in [4.78, 5) is 12.2. The highest BCUT2D eigenvalue weighted by Crippen LogP contribution is 2.26. The van der Waals surface area contributed by atoms with E-state index in [0.717, 1.165) is 15.8 Å². The third kappa shape index (κ3) is 4.48. The first-order valence-corrected chi connectivity index (χ1v) is 8.94. The van der Waals surface area contributed by atoms with Gasteiger partial charge in [0.2, 0.25) is 5.91 Å². The second-order valence-electron chi connectivity index (χ2n) is 5.82. The molecule has 1 aromatic heterocycles. The number of nitrogens with one attached hydrogen (secondary N) is 1. The summed E-state index contributed by atoms with van der Waals surface area (Å²) in [6, 6.07) is 9.93. The number of hydrogen-bond acceptors (Lipinski definition) is 5. The van der Waals surface area contributed by atoms with E-state index in [1.807, 2.05) is 18.2 Å². The Hall–Kier alpha value is -2.81. The number of benzene rings is 2. The third-order valence-electron chi connectivity index (χ3n) is 3.95. The van der Waals surface area contributed by atoms with Crippen molar-refractivity contribution in [3.63, 3.8) is 0 Å². The fraction of sp³-hybridized carbons (Fsp3) is 0.222. The number of nitrogens with zero attached hydrogens (tertiary/aromatic N) is 4. The van der Waals surface area contributed by atoms with Crippen LogP contribution in [0.4, 0.5) is 10.1 Å². The van der Waals surface area contributed by atoms with Crippen molar-refractivity contribution in [2.24, 2.45) is 0 Å². The SMILES string of the molecule is COc1ccc(CCC(=O)Nc2cc(-n3nnnc3C)ccc2F)cc1Br. The molecule has 1 amide bonds. The fourth-order valence-corrected chi connectivity index (χ4v) is 3.14. The molecule has 3 rings (SSSR count). The molecule has 7 nitrogen and oxygen atoms in total. The first kappa shape index (κ1) is 19.0. The Morgan fingerprint density at radius 3 is 2.78 bits per heavy atom. The van der Waals surface area contributed by atoms with Gasteiger partial charge in [-0.05, 0) is 75.6 Å². The topological polar surface area (TPSA) is 81.9 Å². The molecule has 27 heavy (non-hydrogen) atoms. The molecule has 0 bridgehead atoms. The number of anilines is 1. The minimum atomic E-state index is -0.523. The predicted octanol–water partition coefficient (Wildman–Crippen LogP) is 3.45. The maximum absolute atomic E-state index is 14.1. The number of rotatable bonds is 6. The molecule has 9 heteroatoms. The second-order valence-corrected chi connectivity index (χ2v) is 6.67. The van der Waals surface area contributed by atoms with Crippen molar-refractivity contribution in [2.75, 3.05) is 12.4 Å². The Bertz CT molecular complexity index is 976. The quantitative estimate of drug-likeness (QED) is 0.643. The zero-order valence-electron chi connectivity index (χ0n) is 14.7. The van der Waals surface area contributed by atoms with Crippen LogP contribution in [0.1, 0.15) is 17.8 Å². The van der Waals surface area contributed by atoms with Gasteiger partial charge >= 0.3 is 0 Å². The lowest BCUT2D eigenvalue weighted by Crippen LogP contribution is -2.14. The lowest BCUT2D eigenvalue weighted by atomic mass is 10.1. The van der Waals surface area contributed by atoms with Crippen LogP contribution >= 0.6 is 15.9 Å². The molecule has 3 aromatic rings. The predicted molar refractivity (Wildman–Crippen MR) is 101 cm³/mol. The Morgan fingerprint density at radius 1 is 1.30 bits per heavy atom. The average Bonchev–Trinajstić information content (AvgIpc) is 3.08. The summed E-state index contributed by atoms with van der Waals surface area (Å²) in [7, 11) is 1.59. The molecule has 2 aromatic carbocycles. The summed E-state index contributed by atoms with van der Waals surface area (Å²) in [6.45, 7) is 1.73. The Balaban J connectivity index is 1.67. The van der Waals surface area contributed by atoms with Gasteiger partial charge in [-0.2, -0.15) is 4.68 Å². The van der Waals surface area contributed by atoms with Crippen LogP contribution in [-0.4, -0.2) is 33.2 Å². The number of tetrazole rings is 1. The zero-order valence-corrected chi connectivity index (χ0v) is 16.3. The Labute approximate surface area is 163 Å². The third-order valence-corrected chi connectivity index (χ3v) is 4.57. The molecule has 0 unspecified atom stereocenters. The molecule has 0 aliphatic heterocycles. The highest BCUT2D eigenvalue weighted by atomic mass is 79.9. The van der Waals surface area contributed by atoms with E-state index in [0.29, 0.717) is 17.9 Å². The van der Waals surface area contributed by atoms with E-state index in [2.05, 4.69) is 36.8 Å². The van der Waals surface area contributed by atoms with Crippen molar-refractivity contribution in [2.45, 2.75) is 19.8 Å². The number of aryl methyl sites for hydroxylation is 2. The van der Waals surface area contributed by atoms with Crippen LogP contribution in [-0.2, 0) is 11.2 Å². The molecule has 0 atom stereocenters. The fourth-order valence-electron chi connectivity index (χ4n) is 2.55. The van der Waals surface area contributed by atoms with E-state index in [1.54, 1.807) is 20.1 Å². The molecular formula is C18H17BrFN5O2. The van der Waals surface area contributed by atoms with E-state index in [-0.39, 0.29) is 18.0 Å². The van der Waals surface area contributed by atoms with E-state index in [1.165, 1.54) is 16.8 Å². The monoisotopic (exact) mass is 433 g/mol. The highest BCUT2D eigenvalue weighted by molar-refractivity contribution is 9.10. The van der Waals surface area contributed by atoms with Crippen LogP contribution in [0.25, 0.3) is 5.69 Å². The number of amides is 1. The number of carbonyl (C=O) groups is 1. The molecule has 0 fully saturated rings. The van der Waals surface area contributed by atoms with Gasteiger partial charge in [-0.15, -0.1) is 5.10 Å². The van der Waals surface area contributed by atoms with Crippen molar-refractivity contribution >= 4 is 27.5 Å². The molecule has 0 saturated heterocycles. The number of carbonyl (C=O) groups excluding carboxylic acids is 1. The number of halogens is 2. The van der Waals surface area contributed by atoms with Crippen LogP contribution in [0.5, 0.6) is 5.75 Å². The first-order chi connectivity index (χ1) is 13.0. The highest BCUT2D eigenvalue weighted by Gasteiger charge is 2.11. The van der Waals surface area contributed by atoms with Crippen molar-refractivity contribution in [3.8, 4) is 11.4 Å².